The van der Waals surface area contributed by atoms with Gasteiger partial charge in [-0.05, 0) is 19.1 Å². The molecule has 1 aliphatic heterocycles. The third kappa shape index (κ3) is 1.52. The van der Waals surface area contributed by atoms with Gasteiger partial charge in [-0.2, -0.15) is 0 Å². The van der Waals surface area contributed by atoms with Gasteiger partial charge in [0.1, 0.15) is 0 Å². The number of carboxylic acid groups (broad SMARTS) is 1. The van der Waals surface area contributed by atoms with Crippen LogP contribution in [0.3, 0.4) is 0 Å². The summed E-state index contributed by atoms with van der Waals surface area (Å²) >= 11 is 0. The van der Waals surface area contributed by atoms with Crippen molar-refractivity contribution in [1.82, 2.24) is 0 Å². The van der Waals surface area contributed by atoms with Gasteiger partial charge in [0, 0.05) is 19.4 Å². The summed E-state index contributed by atoms with van der Waals surface area (Å²) in [6, 6.07) is 3.15. The van der Waals surface area contributed by atoms with E-state index in [1.54, 1.807) is 26.8 Å². The second kappa shape index (κ2) is 2.89. The Balaban J connectivity index is 2.53. The number of carboxylic acids is 1. The highest BCUT2D eigenvalue weighted by molar-refractivity contribution is 5.90. The predicted octanol–water partition coefficient (Wildman–Crippen LogP) is 2.20. The molecular weight excluding hydrogens is 196 g/mol. The van der Waals surface area contributed by atoms with Crippen LogP contribution in [0.1, 0.15) is 29.8 Å². The molecule has 0 spiro atoms. The van der Waals surface area contributed by atoms with Crippen molar-refractivity contribution in [2.24, 2.45) is 0 Å². The summed E-state index contributed by atoms with van der Waals surface area (Å²) in [5.41, 5.74) is 0.848. The smallest absolute Gasteiger partial charge is 0.336 e. The molecule has 0 atom stereocenters. The summed E-state index contributed by atoms with van der Waals surface area (Å²) in [7, 11) is 0. The number of rotatable bonds is 1. The molecule has 2 rings (SSSR count). The van der Waals surface area contributed by atoms with Crippen molar-refractivity contribution in [3.8, 4) is 11.5 Å². The zero-order valence-electron chi connectivity index (χ0n) is 8.83. The molecule has 1 heterocycles. The molecule has 0 fully saturated rings. The van der Waals surface area contributed by atoms with Crippen LogP contribution in [0.15, 0.2) is 12.1 Å². The third-order valence-corrected chi connectivity index (χ3v) is 2.30. The maximum Gasteiger partial charge on any atom is 0.336 e. The van der Waals surface area contributed by atoms with E-state index in [-0.39, 0.29) is 5.56 Å². The highest BCUT2D eigenvalue weighted by Gasteiger charge is 2.34. The zero-order chi connectivity index (χ0) is 11.2. The number of hydrogen-bond donors (Lipinski definition) is 1. The van der Waals surface area contributed by atoms with Crippen molar-refractivity contribution in [2.75, 3.05) is 0 Å². The molecule has 0 saturated carbocycles. The van der Waals surface area contributed by atoms with Gasteiger partial charge in [0.15, 0.2) is 11.5 Å². The average Bonchev–Trinajstić information content (AvgIpc) is 2.40. The molecule has 1 aromatic carbocycles. The Kier molecular flexibility index (Phi) is 1.89. The zero-order valence-corrected chi connectivity index (χ0v) is 8.83. The summed E-state index contributed by atoms with van der Waals surface area (Å²) in [5, 5.41) is 8.93. The fourth-order valence-corrected chi connectivity index (χ4v) is 1.64. The van der Waals surface area contributed by atoms with Crippen LogP contribution in [0, 0.1) is 6.92 Å². The number of carbonyl (C=O) groups is 1. The van der Waals surface area contributed by atoms with Gasteiger partial charge >= 0.3 is 5.97 Å². The van der Waals surface area contributed by atoms with Gasteiger partial charge in [-0.3, -0.25) is 0 Å². The summed E-state index contributed by atoms with van der Waals surface area (Å²) in [4.78, 5) is 10.9. The van der Waals surface area contributed by atoms with Crippen LogP contribution in [0.5, 0.6) is 11.5 Å². The summed E-state index contributed by atoms with van der Waals surface area (Å²) in [6.07, 6.45) is 0. The molecule has 15 heavy (non-hydrogen) atoms. The minimum Gasteiger partial charge on any atom is -0.478 e. The Morgan fingerprint density at radius 1 is 1.33 bits per heavy atom. The quantitative estimate of drug-likeness (QED) is 0.768. The second-order valence-corrected chi connectivity index (χ2v) is 3.97. The predicted molar refractivity (Wildman–Crippen MR) is 53.5 cm³/mol. The molecule has 80 valence electrons. The van der Waals surface area contributed by atoms with Crippen LogP contribution in [-0.2, 0) is 0 Å². The second-order valence-electron chi connectivity index (χ2n) is 3.97. The molecule has 4 heteroatoms. The maximum atomic E-state index is 10.9. The Hall–Kier alpha value is -1.71. The summed E-state index contributed by atoms with van der Waals surface area (Å²) < 4.78 is 11.0. The van der Waals surface area contributed by atoms with Crippen molar-refractivity contribution >= 4 is 5.97 Å². The van der Waals surface area contributed by atoms with Gasteiger partial charge in [-0.15, -0.1) is 0 Å². The lowest BCUT2D eigenvalue weighted by molar-refractivity contribution is -0.0434. The van der Waals surface area contributed by atoms with Crippen LogP contribution >= 0.6 is 0 Å². The van der Waals surface area contributed by atoms with Crippen molar-refractivity contribution < 1.29 is 19.4 Å². The van der Waals surface area contributed by atoms with E-state index >= 15 is 0 Å². The molecule has 0 saturated heterocycles. The lowest BCUT2D eigenvalue weighted by atomic mass is 10.1. The van der Waals surface area contributed by atoms with Crippen LogP contribution in [0.25, 0.3) is 0 Å². The lowest BCUT2D eigenvalue weighted by Crippen LogP contribution is -2.29. The van der Waals surface area contributed by atoms with Gasteiger partial charge in [0.25, 0.3) is 0 Å². The highest BCUT2D eigenvalue weighted by atomic mass is 16.7. The first kappa shape index (κ1) is 9.83. The van der Waals surface area contributed by atoms with E-state index < -0.39 is 11.8 Å². The lowest BCUT2D eigenvalue weighted by Gasteiger charge is -2.16. The van der Waals surface area contributed by atoms with Gasteiger partial charge < -0.3 is 14.6 Å². The largest absolute Gasteiger partial charge is 0.478 e. The van der Waals surface area contributed by atoms with Gasteiger partial charge in [0.05, 0.1) is 5.56 Å². The number of fused-ring (bicyclic) bond motifs is 1. The standard InChI is InChI=1S/C11H12O4/c1-6-7(10(12)13)4-5-8-9(6)15-11(2,3)14-8/h4-5H,1-3H3,(H,12,13). The molecule has 1 aromatic rings. The topological polar surface area (TPSA) is 55.8 Å². The molecule has 0 unspecified atom stereocenters. The fraction of sp³-hybridized carbons (Fsp3) is 0.364. The SMILES string of the molecule is Cc1c(C(=O)O)ccc2c1OC(C)(C)O2. The molecule has 1 aliphatic rings. The molecule has 0 aromatic heterocycles. The van der Waals surface area contributed by atoms with Crippen LogP contribution in [0.2, 0.25) is 0 Å². The van der Waals surface area contributed by atoms with Gasteiger partial charge in [-0.1, -0.05) is 0 Å². The number of aromatic carboxylic acids is 1. The van der Waals surface area contributed by atoms with Crippen LogP contribution in [-0.4, -0.2) is 16.9 Å². The Morgan fingerprint density at radius 2 is 2.00 bits per heavy atom. The van der Waals surface area contributed by atoms with Gasteiger partial charge in [0.2, 0.25) is 5.79 Å². The first-order chi connectivity index (χ1) is 6.91. The Labute approximate surface area is 87.4 Å². The van der Waals surface area contributed by atoms with Crippen molar-refractivity contribution in [3.05, 3.63) is 23.3 Å². The summed E-state index contributed by atoms with van der Waals surface area (Å²) in [5.74, 6) is -0.546. The minimum atomic E-state index is -0.955. The molecule has 1 N–H and O–H groups in total. The van der Waals surface area contributed by atoms with E-state index in [2.05, 4.69) is 0 Å². The molecule has 0 amide bonds. The number of ether oxygens (including phenoxy) is 2. The Morgan fingerprint density at radius 3 is 2.60 bits per heavy atom. The number of benzene rings is 1. The van der Waals surface area contributed by atoms with Crippen LogP contribution in [0.4, 0.5) is 0 Å². The van der Waals surface area contributed by atoms with E-state index in [1.807, 2.05) is 0 Å². The monoisotopic (exact) mass is 208 g/mol. The molecular formula is C11H12O4. The molecule has 0 aliphatic carbocycles. The van der Waals surface area contributed by atoms with Crippen LogP contribution < -0.4 is 9.47 Å². The van der Waals surface area contributed by atoms with E-state index in [9.17, 15) is 4.79 Å². The normalized spacial score (nSPS) is 16.5. The first-order valence-corrected chi connectivity index (χ1v) is 4.65. The Bertz CT molecular complexity index is 434. The first-order valence-electron chi connectivity index (χ1n) is 4.65. The minimum absolute atomic E-state index is 0.245. The maximum absolute atomic E-state index is 10.9. The van der Waals surface area contributed by atoms with E-state index in [4.69, 9.17) is 14.6 Å². The third-order valence-electron chi connectivity index (χ3n) is 2.30. The highest BCUT2D eigenvalue weighted by Crippen LogP contribution is 2.42. The van der Waals surface area contributed by atoms with E-state index in [1.165, 1.54) is 6.07 Å². The van der Waals surface area contributed by atoms with E-state index in [0.717, 1.165) is 0 Å². The van der Waals surface area contributed by atoms with Crippen molar-refractivity contribution in [2.45, 2.75) is 26.6 Å². The molecule has 4 nitrogen and oxygen atoms in total. The summed E-state index contributed by atoms with van der Waals surface area (Å²) in [6.45, 7) is 5.28. The van der Waals surface area contributed by atoms with Crippen molar-refractivity contribution in [1.29, 1.82) is 0 Å². The molecule has 0 bridgehead atoms. The van der Waals surface area contributed by atoms with E-state index in [0.29, 0.717) is 17.1 Å². The fourth-order valence-electron chi connectivity index (χ4n) is 1.64. The van der Waals surface area contributed by atoms with Crippen molar-refractivity contribution in [3.63, 3.8) is 0 Å². The molecule has 0 radical (unpaired) electrons. The average molecular weight is 208 g/mol. The van der Waals surface area contributed by atoms with Gasteiger partial charge in [-0.25, -0.2) is 4.79 Å². The number of hydrogen-bond acceptors (Lipinski definition) is 3.